The molecule has 10 nitrogen and oxygen atoms in total. The van der Waals surface area contributed by atoms with E-state index in [1.807, 2.05) is 36.4 Å². The van der Waals surface area contributed by atoms with Gasteiger partial charge in [-0.2, -0.15) is 0 Å². The van der Waals surface area contributed by atoms with Gasteiger partial charge in [0.15, 0.2) is 0 Å². The number of hydrogen-bond donors (Lipinski definition) is 3. The molecule has 4 amide bonds. The summed E-state index contributed by atoms with van der Waals surface area (Å²) in [6.45, 7) is 1.22. The molecule has 12 heteroatoms. The van der Waals surface area contributed by atoms with E-state index in [0.717, 1.165) is 44.5 Å². The summed E-state index contributed by atoms with van der Waals surface area (Å²) in [5, 5.41) is 6.14. The minimum absolute atomic E-state index is 0.0253. The molecule has 0 bridgehead atoms. The fourth-order valence-corrected chi connectivity index (χ4v) is 7.64. The predicted molar refractivity (Wildman–Crippen MR) is 186 cm³/mol. The van der Waals surface area contributed by atoms with Crippen LogP contribution in [0, 0.1) is 5.82 Å². The molecule has 0 fully saturated rings. The van der Waals surface area contributed by atoms with Crippen molar-refractivity contribution in [1.29, 1.82) is 0 Å². The Kier molecular flexibility index (Phi) is 10.1. The first-order chi connectivity index (χ1) is 23.7. The molecule has 2 aliphatic heterocycles. The second kappa shape index (κ2) is 14.7. The lowest BCUT2D eigenvalue weighted by atomic mass is 9.99. The number of carbonyl (C=O) groups excluding carboxylic acids is 5. The van der Waals surface area contributed by atoms with Crippen molar-refractivity contribution >= 4 is 52.6 Å². The first-order valence-corrected chi connectivity index (χ1v) is 17.3. The predicted octanol–water partition coefficient (Wildman–Crippen LogP) is 4.84. The Bertz CT molecular complexity index is 1940. The number of H-pyrrole nitrogens is 1. The molecule has 3 aromatic carbocycles. The molecule has 6 rings (SSSR count). The van der Waals surface area contributed by atoms with Gasteiger partial charge in [0.2, 0.25) is 11.8 Å². The highest BCUT2D eigenvalue weighted by Crippen LogP contribution is 2.36. The average molecular weight is 684 g/mol. The van der Waals surface area contributed by atoms with Crippen molar-refractivity contribution in [3.05, 3.63) is 88.2 Å². The summed E-state index contributed by atoms with van der Waals surface area (Å²) >= 11 is 1.59. The van der Waals surface area contributed by atoms with Crippen molar-refractivity contribution in [2.24, 2.45) is 0 Å². The van der Waals surface area contributed by atoms with Crippen LogP contribution in [0.2, 0.25) is 0 Å². The largest absolute Gasteiger partial charge is 0.359 e. The minimum Gasteiger partial charge on any atom is -0.359 e. The summed E-state index contributed by atoms with van der Waals surface area (Å²) in [7, 11) is 3.32. The first kappa shape index (κ1) is 33.9. The number of fused-ring (bicyclic) bond motifs is 1. The molecule has 0 aliphatic carbocycles. The van der Waals surface area contributed by atoms with Crippen molar-refractivity contribution in [3.8, 4) is 11.3 Å². The van der Waals surface area contributed by atoms with Gasteiger partial charge >= 0.3 is 0 Å². The number of nitrogens with one attached hydrogen (secondary N) is 3. The van der Waals surface area contributed by atoms with Crippen molar-refractivity contribution in [2.45, 2.75) is 56.1 Å². The summed E-state index contributed by atoms with van der Waals surface area (Å²) in [6.07, 6.45) is 2.81. The molecule has 1 aromatic heterocycles. The van der Waals surface area contributed by atoms with E-state index in [-0.39, 0.29) is 36.5 Å². The molecular formula is C37H38FN5O5S. The van der Waals surface area contributed by atoms with Gasteiger partial charge < -0.3 is 30.2 Å². The molecule has 3 heterocycles. The molecule has 4 aromatic rings. The topological polar surface area (TPSA) is 132 Å². The Labute approximate surface area is 287 Å². The third-order valence-electron chi connectivity index (χ3n) is 9.21. The highest BCUT2D eigenvalue weighted by atomic mass is 32.2. The lowest BCUT2D eigenvalue weighted by Crippen LogP contribution is -2.37. The van der Waals surface area contributed by atoms with Crippen LogP contribution in [-0.4, -0.2) is 77.1 Å². The van der Waals surface area contributed by atoms with Crippen molar-refractivity contribution < 1.29 is 28.4 Å². The first-order valence-electron chi connectivity index (χ1n) is 16.4. The normalized spacial score (nSPS) is 14.3. The van der Waals surface area contributed by atoms with E-state index < -0.39 is 11.9 Å². The Morgan fingerprint density at radius 2 is 1.88 bits per heavy atom. The van der Waals surface area contributed by atoms with Gasteiger partial charge in [-0.05, 0) is 71.5 Å². The maximum Gasteiger partial charge on any atom is 0.255 e. The maximum atomic E-state index is 14.3. The molecule has 3 N–H and O–H groups in total. The fourth-order valence-electron chi connectivity index (χ4n) is 6.60. The van der Waals surface area contributed by atoms with E-state index in [2.05, 4.69) is 15.6 Å². The van der Waals surface area contributed by atoms with Crippen LogP contribution in [0.4, 0.5) is 4.39 Å². The lowest BCUT2D eigenvalue weighted by Gasteiger charge is -2.22. The number of aldehydes is 1. The number of aromatic amines is 1. The van der Waals surface area contributed by atoms with Crippen LogP contribution in [0.5, 0.6) is 0 Å². The number of hydrogen-bond acceptors (Lipinski definition) is 6. The third-order valence-corrected chi connectivity index (χ3v) is 10.4. The number of benzene rings is 3. The van der Waals surface area contributed by atoms with Gasteiger partial charge in [0, 0.05) is 73.6 Å². The highest BCUT2D eigenvalue weighted by Gasteiger charge is 2.34. The summed E-state index contributed by atoms with van der Waals surface area (Å²) in [4.78, 5) is 69.6. The SMILES string of the molecule is CNC(=O)CCC(C=O)N1Cc2c(SCCCC(=O)N(C)Cc3ccc(-c4[nH]c5cc(F)cc6c5c4CCNC6=O)cc3)cccc2C1=O. The summed E-state index contributed by atoms with van der Waals surface area (Å²) < 4.78 is 14.3. The Hall–Kier alpha value is -4.97. The second-order valence-corrected chi connectivity index (χ2v) is 13.5. The van der Waals surface area contributed by atoms with Crippen molar-refractivity contribution in [2.75, 3.05) is 26.4 Å². The van der Waals surface area contributed by atoms with E-state index in [0.29, 0.717) is 61.3 Å². The molecule has 0 saturated carbocycles. The molecule has 0 radical (unpaired) electrons. The van der Waals surface area contributed by atoms with Gasteiger partial charge in [0.25, 0.3) is 11.8 Å². The fraction of sp³-hybridized carbons (Fsp3) is 0.324. The summed E-state index contributed by atoms with van der Waals surface area (Å²) in [6, 6.07) is 15.5. The number of halogens is 1. The Morgan fingerprint density at radius 3 is 2.63 bits per heavy atom. The number of aromatic nitrogens is 1. The number of amides is 4. The third kappa shape index (κ3) is 7.10. The van der Waals surface area contributed by atoms with Gasteiger partial charge in [-0.3, -0.25) is 19.2 Å². The van der Waals surface area contributed by atoms with Gasteiger partial charge in [-0.25, -0.2) is 4.39 Å². The van der Waals surface area contributed by atoms with E-state index >= 15 is 0 Å². The summed E-state index contributed by atoms with van der Waals surface area (Å²) in [5.41, 5.74) is 6.12. The zero-order valence-electron chi connectivity index (χ0n) is 27.4. The van der Waals surface area contributed by atoms with E-state index in [4.69, 9.17) is 0 Å². The molecule has 2 aliphatic rings. The molecule has 254 valence electrons. The zero-order valence-corrected chi connectivity index (χ0v) is 28.3. The Morgan fingerprint density at radius 1 is 1.08 bits per heavy atom. The monoisotopic (exact) mass is 683 g/mol. The standard InChI is InChI=1S/C37H38FN5O5S/c1-39-32(45)13-12-25(21-44)43-20-29-26(37(43)48)5-3-6-31(29)49-16-4-7-33(46)42(2)19-22-8-10-23(11-9-22)35-27-14-15-40-36(47)28-17-24(38)18-30(41-35)34(27)28/h3,5-6,8-11,17-18,21,25,41H,4,7,12-16,19-20H2,1-2H3,(H,39,45)(H,40,47). The molecule has 1 unspecified atom stereocenters. The molecule has 0 spiro atoms. The smallest absolute Gasteiger partial charge is 0.255 e. The second-order valence-electron chi connectivity index (χ2n) is 12.4. The molecular weight excluding hydrogens is 646 g/mol. The van der Waals surface area contributed by atoms with Crippen LogP contribution in [0.15, 0.2) is 59.5 Å². The molecule has 49 heavy (non-hydrogen) atoms. The van der Waals surface area contributed by atoms with E-state index in [1.165, 1.54) is 24.1 Å². The van der Waals surface area contributed by atoms with Crippen molar-refractivity contribution in [1.82, 2.24) is 25.4 Å². The minimum atomic E-state index is -0.673. The van der Waals surface area contributed by atoms with Crippen LogP contribution in [0.3, 0.4) is 0 Å². The van der Waals surface area contributed by atoms with E-state index in [1.54, 1.807) is 29.8 Å². The average Bonchev–Trinajstić information content (AvgIpc) is 3.58. The quantitative estimate of drug-likeness (QED) is 0.105. The van der Waals surface area contributed by atoms with Gasteiger partial charge in [-0.1, -0.05) is 30.3 Å². The van der Waals surface area contributed by atoms with Crippen molar-refractivity contribution in [3.63, 3.8) is 0 Å². The van der Waals surface area contributed by atoms with Gasteiger partial charge in [0.1, 0.15) is 12.1 Å². The zero-order chi connectivity index (χ0) is 34.7. The molecule has 1 atom stereocenters. The number of thioether (sulfide) groups is 1. The van der Waals surface area contributed by atoms with Crippen LogP contribution in [-0.2, 0) is 33.9 Å². The van der Waals surface area contributed by atoms with Gasteiger partial charge in [0.05, 0.1) is 11.6 Å². The lowest BCUT2D eigenvalue weighted by molar-refractivity contribution is -0.130. The summed E-state index contributed by atoms with van der Waals surface area (Å²) in [5.74, 6) is -0.413. The van der Waals surface area contributed by atoms with Crippen LogP contribution >= 0.6 is 11.8 Å². The molecule has 0 saturated heterocycles. The Balaban J connectivity index is 1.02. The highest BCUT2D eigenvalue weighted by molar-refractivity contribution is 7.99. The number of carbonyl (C=O) groups is 5. The number of nitrogens with zero attached hydrogens (tertiary/aromatic N) is 2. The van der Waals surface area contributed by atoms with Crippen LogP contribution in [0.1, 0.15) is 63.1 Å². The maximum absolute atomic E-state index is 14.3. The van der Waals surface area contributed by atoms with Crippen LogP contribution < -0.4 is 10.6 Å². The van der Waals surface area contributed by atoms with E-state index in [9.17, 15) is 28.4 Å². The number of rotatable bonds is 13. The van der Waals surface area contributed by atoms with Gasteiger partial charge in [-0.15, -0.1) is 11.8 Å². The van der Waals surface area contributed by atoms with Crippen LogP contribution in [0.25, 0.3) is 22.2 Å².